The Labute approximate surface area is 153 Å². The third-order valence-electron chi connectivity index (χ3n) is 4.42. The van der Waals surface area contributed by atoms with Gasteiger partial charge in [-0.3, -0.25) is 9.78 Å². The van der Waals surface area contributed by atoms with Crippen LogP contribution in [0.25, 0.3) is 0 Å². The molecule has 25 heavy (non-hydrogen) atoms. The third kappa shape index (κ3) is 3.97. The van der Waals surface area contributed by atoms with E-state index in [1.54, 1.807) is 17.5 Å². The maximum atomic E-state index is 13.2. The van der Waals surface area contributed by atoms with E-state index in [1.807, 2.05) is 61.2 Å². The van der Waals surface area contributed by atoms with Crippen molar-refractivity contribution in [2.24, 2.45) is 0 Å². The minimum Gasteiger partial charge on any atom is -0.325 e. The predicted octanol–water partition coefficient (Wildman–Crippen LogP) is 5.16. The number of rotatable bonds is 5. The van der Waals surface area contributed by atoms with Crippen molar-refractivity contribution in [2.45, 2.75) is 33.4 Å². The van der Waals surface area contributed by atoms with Crippen molar-refractivity contribution >= 4 is 17.2 Å². The molecular weight excluding hydrogens is 328 g/mol. The van der Waals surface area contributed by atoms with Crippen molar-refractivity contribution in [2.75, 3.05) is 0 Å². The summed E-state index contributed by atoms with van der Waals surface area (Å²) in [5, 5.41) is 0. The van der Waals surface area contributed by atoms with Crippen LogP contribution in [0.15, 0.2) is 60.8 Å². The summed E-state index contributed by atoms with van der Waals surface area (Å²) in [5.74, 6) is 0.0585. The first kappa shape index (κ1) is 17.4. The van der Waals surface area contributed by atoms with E-state index in [1.165, 1.54) is 10.4 Å². The Balaban J connectivity index is 1.94. The topological polar surface area (TPSA) is 33.2 Å². The summed E-state index contributed by atoms with van der Waals surface area (Å²) in [4.78, 5) is 21.6. The van der Waals surface area contributed by atoms with Crippen molar-refractivity contribution in [1.82, 2.24) is 9.88 Å². The fraction of sp³-hybridized carbons (Fsp3) is 0.238. The summed E-state index contributed by atoms with van der Waals surface area (Å²) < 4.78 is 0. The van der Waals surface area contributed by atoms with E-state index in [2.05, 4.69) is 24.0 Å². The van der Waals surface area contributed by atoms with Gasteiger partial charge in [-0.25, -0.2) is 0 Å². The van der Waals surface area contributed by atoms with Gasteiger partial charge in [0.2, 0.25) is 0 Å². The van der Waals surface area contributed by atoms with E-state index in [-0.39, 0.29) is 11.9 Å². The fourth-order valence-electron chi connectivity index (χ4n) is 2.77. The van der Waals surface area contributed by atoms with Gasteiger partial charge < -0.3 is 4.90 Å². The van der Waals surface area contributed by atoms with Gasteiger partial charge in [0, 0.05) is 17.6 Å². The second-order valence-corrected chi connectivity index (χ2v) is 7.46. The smallest absolute Gasteiger partial charge is 0.264 e. The van der Waals surface area contributed by atoms with Crippen LogP contribution in [0.5, 0.6) is 0 Å². The van der Waals surface area contributed by atoms with Crippen LogP contribution in [0.4, 0.5) is 0 Å². The number of amides is 1. The van der Waals surface area contributed by atoms with E-state index < -0.39 is 0 Å². The SMILES string of the molecule is Cc1cc(C(=O)N(Cc2ccccc2)C(C)c2ccccn2)sc1C. The number of nitrogens with zero attached hydrogens (tertiary/aromatic N) is 2. The lowest BCUT2D eigenvalue weighted by molar-refractivity contribution is 0.0675. The number of benzene rings is 1. The zero-order chi connectivity index (χ0) is 17.8. The van der Waals surface area contributed by atoms with Gasteiger partial charge in [-0.2, -0.15) is 0 Å². The minimum atomic E-state index is -0.100. The first-order valence-corrected chi connectivity index (χ1v) is 9.20. The van der Waals surface area contributed by atoms with Gasteiger partial charge in [-0.1, -0.05) is 36.4 Å². The molecular formula is C21H22N2OS. The lowest BCUT2D eigenvalue weighted by Crippen LogP contribution is -2.33. The van der Waals surface area contributed by atoms with E-state index in [9.17, 15) is 4.79 Å². The Morgan fingerprint density at radius 2 is 1.84 bits per heavy atom. The number of thiophene rings is 1. The van der Waals surface area contributed by atoms with Crippen LogP contribution in [-0.2, 0) is 6.54 Å². The highest BCUT2D eigenvalue weighted by atomic mass is 32.1. The number of hydrogen-bond acceptors (Lipinski definition) is 3. The lowest BCUT2D eigenvalue weighted by Gasteiger charge is -2.29. The summed E-state index contributed by atoms with van der Waals surface area (Å²) >= 11 is 1.56. The van der Waals surface area contributed by atoms with Crippen LogP contribution in [0.1, 0.15) is 44.3 Å². The summed E-state index contributed by atoms with van der Waals surface area (Å²) in [6.45, 7) is 6.71. The van der Waals surface area contributed by atoms with Crippen LogP contribution in [0, 0.1) is 13.8 Å². The van der Waals surface area contributed by atoms with Crippen molar-refractivity contribution in [3.05, 3.63) is 87.4 Å². The summed E-state index contributed by atoms with van der Waals surface area (Å²) in [6.07, 6.45) is 1.77. The quantitative estimate of drug-likeness (QED) is 0.636. The molecule has 4 heteroatoms. The highest BCUT2D eigenvalue weighted by Gasteiger charge is 2.25. The van der Waals surface area contributed by atoms with Crippen LogP contribution in [0.2, 0.25) is 0 Å². The van der Waals surface area contributed by atoms with Crippen molar-refractivity contribution in [1.29, 1.82) is 0 Å². The van der Waals surface area contributed by atoms with Crippen LogP contribution >= 0.6 is 11.3 Å². The molecule has 3 aromatic rings. The number of pyridine rings is 1. The Kier molecular flexibility index (Phi) is 5.29. The van der Waals surface area contributed by atoms with Crippen molar-refractivity contribution in [3.63, 3.8) is 0 Å². The molecule has 1 aromatic carbocycles. The highest BCUT2D eigenvalue weighted by Crippen LogP contribution is 2.27. The molecule has 128 valence electrons. The number of aryl methyl sites for hydroxylation is 2. The summed E-state index contributed by atoms with van der Waals surface area (Å²) in [6, 6.07) is 17.8. The van der Waals surface area contributed by atoms with Crippen LogP contribution in [0.3, 0.4) is 0 Å². The maximum absolute atomic E-state index is 13.2. The maximum Gasteiger partial charge on any atom is 0.264 e. The second-order valence-electron chi connectivity index (χ2n) is 6.20. The first-order chi connectivity index (χ1) is 12.1. The zero-order valence-corrected chi connectivity index (χ0v) is 15.6. The van der Waals surface area contributed by atoms with E-state index in [0.29, 0.717) is 6.54 Å². The number of aromatic nitrogens is 1. The standard InChI is InChI=1S/C21H22N2OS/c1-15-13-20(25-17(15)3)21(24)23(14-18-9-5-4-6-10-18)16(2)19-11-7-8-12-22-19/h4-13,16H,14H2,1-3H3. The normalized spacial score (nSPS) is 12.0. The predicted molar refractivity (Wildman–Crippen MR) is 103 cm³/mol. The van der Waals surface area contributed by atoms with E-state index in [0.717, 1.165) is 16.1 Å². The lowest BCUT2D eigenvalue weighted by atomic mass is 10.1. The third-order valence-corrected chi connectivity index (χ3v) is 5.56. The van der Waals surface area contributed by atoms with Crippen molar-refractivity contribution in [3.8, 4) is 0 Å². The van der Waals surface area contributed by atoms with Crippen molar-refractivity contribution < 1.29 is 4.79 Å². The molecule has 0 aliphatic heterocycles. The second kappa shape index (κ2) is 7.62. The molecule has 1 amide bonds. The molecule has 2 aromatic heterocycles. The molecule has 0 fully saturated rings. The number of hydrogen-bond donors (Lipinski definition) is 0. The Hall–Kier alpha value is -2.46. The molecule has 0 N–H and O–H groups in total. The minimum absolute atomic E-state index is 0.0585. The monoisotopic (exact) mass is 350 g/mol. The average Bonchev–Trinajstić information content (AvgIpc) is 2.99. The molecule has 3 rings (SSSR count). The Morgan fingerprint density at radius 3 is 2.44 bits per heavy atom. The average molecular weight is 350 g/mol. The Morgan fingerprint density at radius 1 is 1.12 bits per heavy atom. The molecule has 0 radical (unpaired) electrons. The molecule has 3 nitrogen and oxygen atoms in total. The van der Waals surface area contributed by atoms with Gasteiger partial charge in [0.1, 0.15) is 0 Å². The van der Waals surface area contributed by atoms with Gasteiger partial charge >= 0.3 is 0 Å². The van der Waals surface area contributed by atoms with Gasteiger partial charge in [-0.05, 0) is 50.1 Å². The van der Waals surface area contributed by atoms with E-state index >= 15 is 0 Å². The molecule has 0 saturated carbocycles. The molecule has 0 spiro atoms. The molecule has 1 unspecified atom stereocenters. The number of carbonyl (C=O) groups is 1. The molecule has 0 saturated heterocycles. The highest BCUT2D eigenvalue weighted by molar-refractivity contribution is 7.14. The first-order valence-electron chi connectivity index (χ1n) is 8.39. The van der Waals surface area contributed by atoms with Gasteiger partial charge in [0.15, 0.2) is 0 Å². The molecule has 0 bridgehead atoms. The van der Waals surface area contributed by atoms with Gasteiger partial charge in [-0.15, -0.1) is 11.3 Å². The summed E-state index contributed by atoms with van der Waals surface area (Å²) in [5.41, 5.74) is 3.18. The Bertz CT molecular complexity index is 823. The molecule has 0 aliphatic carbocycles. The van der Waals surface area contributed by atoms with Crippen LogP contribution < -0.4 is 0 Å². The molecule has 1 atom stereocenters. The largest absolute Gasteiger partial charge is 0.325 e. The zero-order valence-electron chi connectivity index (χ0n) is 14.8. The fourth-order valence-corrected chi connectivity index (χ4v) is 3.76. The van der Waals surface area contributed by atoms with Gasteiger partial charge in [0.25, 0.3) is 5.91 Å². The van der Waals surface area contributed by atoms with Gasteiger partial charge in [0.05, 0.1) is 16.6 Å². The van der Waals surface area contributed by atoms with E-state index in [4.69, 9.17) is 0 Å². The van der Waals surface area contributed by atoms with Crippen LogP contribution in [-0.4, -0.2) is 15.8 Å². The number of carbonyl (C=O) groups excluding carboxylic acids is 1. The molecule has 2 heterocycles. The molecule has 0 aliphatic rings. The summed E-state index contributed by atoms with van der Waals surface area (Å²) in [7, 11) is 0.